The average molecular weight is 206 g/mol. The second kappa shape index (κ2) is 3.81. The minimum atomic E-state index is 0.00219. The van der Waals surface area contributed by atoms with E-state index in [1.165, 1.54) is 0 Å². The van der Waals surface area contributed by atoms with Gasteiger partial charge in [0.05, 0.1) is 12.8 Å². The summed E-state index contributed by atoms with van der Waals surface area (Å²) in [6.07, 6.45) is 4.38. The van der Waals surface area contributed by atoms with Crippen LogP contribution in [0.4, 0.5) is 0 Å². The van der Waals surface area contributed by atoms with Crippen molar-refractivity contribution in [3.05, 3.63) is 24.5 Å². The van der Waals surface area contributed by atoms with Crippen LogP contribution in [0.25, 0.3) is 0 Å². The van der Waals surface area contributed by atoms with E-state index in [4.69, 9.17) is 10.5 Å². The first-order valence-electron chi connectivity index (χ1n) is 5.46. The third-order valence-electron chi connectivity index (χ3n) is 3.77. The van der Waals surface area contributed by atoms with Gasteiger partial charge >= 0.3 is 0 Å². The fraction of sp³-hybridized carbons (Fsp3) is 0.583. The van der Waals surface area contributed by atoms with Crippen LogP contribution in [0.15, 0.2) is 24.5 Å². The molecule has 1 heterocycles. The first-order valence-corrected chi connectivity index (χ1v) is 5.46. The molecule has 2 unspecified atom stereocenters. The highest BCUT2D eigenvalue weighted by Gasteiger charge is 2.55. The Morgan fingerprint density at radius 1 is 1.47 bits per heavy atom. The van der Waals surface area contributed by atoms with Gasteiger partial charge in [0.15, 0.2) is 0 Å². The molecule has 0 spiro atoms. The third kappa shape index (κ3) is 1.97. The zero-order valence-electron chi connectivity index (χ0n) is 9.31. The summed E-state index contributed by atoms with van der Waals surface area (Å²) in [6.45, 7) is 5.08. The van der Waals surface area contributed by atoms with Gasteiger partial charge in [-0.15, -0.1) is 0 Å². The lowest BCUT2D eigenvalue weighted by Crippen LogP contribution is -2.28. The van der Waals surface area contributed by atoms with E-state index in [9.17, 15) is 0 Å². The van der Waals surface area contributed by atoms with E-state index in [0.29, 0.717) is 18.4 Å². The van der Waals surface area contributed by atoms with Gasteiger partial charge in [-0.05, 0) is 30.4 Å². The molecule has 2 rings (SSSR count). The number of nitrogens with zero attached hydrogens (tertiary/aromatic N) is 1. The predicted octanol–water partition coefficient (Wildman–Crippen LogP) is 1.83. The molecule has 15 heavy (non-hydrogen) atoms. The summed E-state index contributed by atoms with van der Waals surface area (Å²) in [5.41, 5.74) is 6.20. The maximum Gasteiger partial charge on any atom is 0.137 e. The molecule has 0 aliphatic heterocycles. The number of hydrogen-bond acceptors (Lipinski definition) is 3. The molecule has 1 aromatic heterocycles. The molecule has 2 N–H and O–H groups in total. The normalized spacial score (nSPS) is 33.8. The summed E-state index contributed by atoms with van der Waals surface area (Å²) in [5, 5.41) is 0. The molecule has 82 valence electrons. The van der Waals surface area contributed by atoms with Gasteiger partial charge in [0.2, 0.25) is 0 Å². The first-order chi connectivity index (χ1) is 7.14. The lowest BCUT2D eigenvalue weighted by atomic mass is 10.1. The van der Waals surface area contributed by atoms with E-state index in [0.717, 1.165) is 12.2 Å². The van der Waals surface area contributed by atoms with Crippen molar-refractivity contribution in [2.24, 2.45) is 17.6 Å². The van der Waals surface area contributed by atoms with Crippen molar-refractivity contribution < 1.29 is 4.74 Å². The molecule has 0 bridgehead atoms. The Morgan fingerprint density at radius 2 is 2.20 bits per heavy atom. The molecule has 3 heteroatoms. The lowest BCUT2D eigenvalue weighted by Gasteiger charge is -2.11. The van der Waals surface area contributed by atoms with Gasteiger partial charge in [-0.1, -0.05) is 13.8 Å². The summed E-state index contributed by atoms with van der Waals surface area (Å²) in [7, 11) is 0. The molecule has 0 amide bonds. The number of nitrogens with two attached hydrogens (primary N) is 1. The van der Waals surface area contributed by atoms with E-state index < -0.39 is 0 Å². The molecule has 1 fully saturated rings. The van der Waals surface area contributed by atoms with Gasteiger partial charge in [-0.3, -0.25) is 4.98 Å². The molecular weight excluding hydrogens is 188 g/mol. The largest absolute Gasteiger partial charge is 0.492 e. The Morgan fingerprint density at radius 3 is 2.73 bits per heavy atom. The van der Waals surface area contributed by atoms with Gasteiger partial charge < -0.3 is 10.5 Å². The fourth-order valence-corrected chi connectivity index (χ4v) is 2.13. The summed E-state index contributed by atoms with van der Waals surface area (Å²) in [4.78, 5) is 3.99. The average Bonchev–Trinajstić information content (AvgIpc) is 2.72. The second-order valence-electron chi connectivity index (χ2n) is 4.48. The molecule has 0 saturated heterocycles. The Kier molecular flexibility index (Phi) is 2.65. The lowest BCUT2D eigenvalue weighted by molar-refractivity contribution is 0.285. The molecule has 3 nitrogen and oxygen atoms in total. The van der Waals surface area contributed by atoms with Crippen molar-refractivity contribution in [1.29, 1.82) is 0 Å². The maximum absolute atomic E-state index is 6.20. The highest BCUT2D eigenvalue weighted by Crippen LogP contribution is 2.49. The van der Waals surface area contributed by atoms with Crippen LogP contribution in [0.2, 0.25) is 0 Å². The summed E-state index contributed by atoms with van der Waals surface area (Å²) < 4.78 is 5.58. The Balaban J connectivity index is 1.77. The first kappa shape index (κ1) is 10.4. The van der Waals surface area contributed by atoms with Gasteiger partial charge in [0.1, 0.15) is 5.75 Å². The van der Waals surface area contributed by atoms with Crippen LogP contribution in [-0.4, -0.2) is 17.1 Å². The second-order valence-corrected chi connectivity index (χ2v) is 4.48. The monoisotopic (exact) mass is 206 g/mol. The van der Waals surface area contributed by atoms with Crippen LogP contribution in [0.5, 0.6) is 5.75 Å². The molecule has 1 saturated carbocycles. The number of ether oxygens (including phenoxy) is 1. The van der Waals surface area contributed by atoms with E-state index >= 15 is 0 Å². The van der Waals surface area contributed by atoms with Crippen LogP contribution in [-0.2, 0) is 0 Å². The van der Waals surface area contributed by atoms with E-state index in [1.54, 1.807) is 12.4 Å². The standard InChI is InChI=1S/C12H18N2O/c1-9-10(2)12(9,13)5-7-15-11-4-3-6-14-8-11/h3-4,6,8-10H,5,7,13H2,1-2H3. The van der Waals surface area contributed by atoms with Crippen molar-refractivity contribution in [1.82, 2.24) is 4.98 Å². The van der Waals surface area contributed by atoms with Crippen molar-refractivity contribution in [2.45, 2.75) is 25.8 Å². The van der Waals surface area contributed by atoms with Crippen LogP contribution < -0.4 is 10.5 Å². The Bertz CT molecular complexity index is 318. The van der Waals surface area contributed by atoms with Crippen LogP contribution in [0.1, 0.15) is 20.3 Å². The minimum Gasteiger partial charge on any atom is -0.492 e. The zero-order chi connectivity index (χ0) is 10.9. The van der Waals surface area contributed by atoms with Gasteiger partial charge in [-0.2, -0.15) is 0 Å². The number of hydrogen-bond donors (Lipinski definition) is 1. The summed E-state index contributed by atoms with van der Waals surface area (Å²) in [5.74, 6) is 2.06. The SMILES string of the molecule is CC1C(C)C1(N)CCOc1cccnc1. The van der Waals surface area contributed by atoms with Crippen molar-refractivity contribution in [2.75, 3.05) is 6.61 Å². The quantitative estimate of drug-likeness (QED) is 0.817. The highest BCUT2D eigenvalue weighted by molar-refractivity contribution is 5.16. The van der Waals surface area contributed by atoms with E-state index in [-0.39, 0.29) is 5.54 Å². The number of rotatable bonds is 4. The van der Waals surface area contributed by atoms with Crippen LogP contribution in [0.3, 0.4) is 0 Å². The number of pyridine rings is 1. The molecule has 1 aliphatic rings. The Labute approximate surface area is 90.7 Å². The molecule has 1 aromatic rings. The van der Waals surface area contributed by atoms with Gasteiger partial charge in [0, 0.05) is 11.7 Å². The van der Waals surface area contributed by atoms with Gasteiger partial charge in [-0.25, -0.2) is 0 Å². The number of aromatic nitrogens is 1. The van der Waals surface area contributed by atoms with E-state index in [2.05, 4.69) is 18.8 Å². The zero-order valence-corrected chi connectivity index (χ0v) is 9.31. The molecule has 0 radical (unpaired) electrons. The molecule has 2 atom stereocenters. The van der Waals surface area contributed by atoms with Crippen LogP contribution in [0, 0.1) is 11.8 Å². The fourth-order valence-electron chi connectivity index (χ4n) is 2.13. The molecule has 0 aromatic carbocycles. The van der Waals surface area contributed by atoms with Crippen molar-refractivity contribution >= 4 is 0 Å². The summed E-state index contributed by atoms with van der Waals surface area (Å²) in [6, 6.07) is 3.78. The third-order valence-corrected chi connectivity index (χ3v) is 3.77. The highest BCUT2D eigenvalue weighted by atomic mass is 16.5. The van der Waals surface area contributed by atoms with Crippen LogP contribution >= 0.6 is 0 Å². The van der Waals surface area contributed by atoms with Crippen molar-refractivity contribution in [3.8, 4) is 5.75 Å². The van der Waals surface area contributed by atoms with E-state index in [1.807, 2.05) is 12.1 Å². The summed E-state index contributed by atoms with van der Waals surface area (Å²) >= 11 is 0. The maximum atomic E-state index is 6.20. The predicted molar refractivity (Wildman–Crippen MR) is 59.6 cm³/mol. The topological polar surface area (TPSA) is 48.1 Å². The van der Waals surface area contributed by atoms with Crippen molar-refractivity contribution in [3.63, 3.8) is 0 Å². The molecule has 1 aliphatic carbocycles. The smallest absolute Gasteiger partial charge is 0.137 e. The molecular formula is C12H18N2O. The minimum absolute atomic E-state index is 0.00219. The Hall–Kier alpha value is -1.09. The van der Waals surface area contributed by atoms with Gasteiger partial charge in [0.25, 0.3) is 0 Å².